The van der Waals surface area contributed by atoms with Gasteiger partial charge in [0.25, 0.3) is 0 Å². The van der Waals surface area contributed by atoms with Crippen molar-refractivity contribution in [2.45, 2.75) is 6.92 Å². The summed E-state index contributed by atoms with van der Waals surface area (Å²) in [5, 5.41) is 12.2. The number of rotatable bonds is 5. The number of halogens is 1. The number of nitrogens with one attached hydrogen (secondary N) is 1. The van der Waals surface area contributed by atoms with Crippen LogP contribution in [-0.2, 0) is 0 Å². The smallest absolute Gasteiger partial charge is 0.337 e. The number of pyridine rings is 1. The van der Waals surface area contributed by atoms with E-state index in [9.17, 15) is 14.3 Å². The van der Waals surface area contributed by atoms with Crippen LogP contribution in [0, 0.1) is 12.7 Å². The molecule has 2 N–H and O–H groups in total. The molecule has 0 aliphatic carbocycles. The van der Waals surface area contributed by atoms with Crippen LogP contribution in [0.2, 0.25) is 0 Å². The lowest BCUT2D eigenvalue weighted by Gasteiger charge is -2.12. The number of nitrogens with zero attached hydrogens (tertiary/aromatic N) is 1. The van der Waals surface area contributed by atoms with Crippen LogP contribution in [0.15, 0.2) is 54.7 Å². The molecule has 0 amide bonds. The molecule has 3 rings (SSSR count). The molecular weight excluding hydrogens is 335 g/mol. The summed E-state index contributed by atoms with van der Waals surface area (Å²) in [7, 11) is 1.61. The van der Waals surface area contributed by atoms with Crippen LogP contribution < -0.4 is 10.1 Å². The van der Waals surface area contributed by atoms with Crippen LogP contribution in [0.25, 0.3) is 11.3 Å². The van der Waals surface area contributed by atoms with E-state index in [1.165, 1.54) is 12.1 Å². The first kappa shape index (κ1) is 17.4. The predicted octanol–water partition coefficient (Wildman–Crippen LogP) is 4.65. The van der Waals surface area contributed by atoms with Gasteiger partial charge in [-0.05, 0) is 48.9 Å². The summed E-state index contributed by atoms with van der Waals surface area (Å²) < 4.78 is 18.5. The molecule has 2 aromatic carbocycles. The monoisotopic (exact) mass is 352 g/mol. The Morgan fingerprint density at radius 1 is 1.19 bits per heavy atom. The van der Waals surface area contributed by atoms with E-state index in [2.05, 4.69) is 10.3 Å². The van der Waals surface area contributed by atoms with Gasteiger partial charge in [-0.25, -0.2) is 9.18 Å². The Bertz CT molecular complexity index is 973. The first-order chi connectivity index (χ1) is 12.5. The summed E-state index contributed by atoms with van der Waals surface area (Å²) in [5.74, 6) is -1.07. The van der Waals surface area contributed by atoms with Gasteiger partial charge in [0.1, 0.15) is 11.6 Å². The minimum Gasteiger partial charge on any atom is -0.497 e. The van der Waals surface area contributed by atoms with Gasteiger partial charge >= 0.3 is 5.97 Å². The highest BCUT2D eigenvalue weighted by atomic mass is 19.1. The number of carboxylic acids is 1. The molecule has 0 bridgehead atoms. The lowest BCUT2D eigenvalue weighted by Crippen LogP contribution is -2.04. The van der Waals surface area contributed by atoms with Gasteiger partial charge in [0.2, 0.25) is 0 Å². The molecule has 1 aromatic heterocycles. The topological polar surface area (TPSA) is 71.5 Å². The van der Waals surface area contributed by atoms with E-state index >= 15 is 0 Å². The summed E-state index contributed by atoms with van der Waals surface area (Å²) in [6.45, 7) is 1.91. The molecule has 0 spiro atoms. The molecule has 0 atom stereocenters. The quantitative estimate of drug-likeness (QED) is 0.699. The van der Waals surface area contributed by atoms with Crippen molar-refractivity contribution >= 4 is 17.3 Å². The number of anilines is 2. The normalized spacial score (nSPS) is 10.4. The summed E-state index contributed by atoms with van der Waals surface area (Å²) in [5.41, 5.74) is 3.40. The van der Waals surface area contributed by atoms with E-state index in [4.69, 9.17) is 4.74 Å². The number of aromatic carboxylic acids is 1. The number of carbonyl (C=O) groups is 1. The Labute approximate surface area is 150 Å². The number of hydrogen-bond donors (Lipinski definition) is 2. The van der Waals surface area contributed by atoms with Gasteiger partial charge in [0, 0.05) is 5.56 Å². The lowest BCUT2D eigenvalue weighted by atomic mass is 10.1. The van der Waals surface area contributed by atoms with Gasteiger partial charge in [-0.3, -0.25) is 4.98 Å². The van der Waals surface area contributed by atoms with Gasteiger partial charge in [-0.2, -0.15) is 0 Å². The van der Waals surface area contributed by atoms with Crippen molar-refractivity contribution in [3.05, 3.63) is 71.7 Å². The van der Waals surface area contributed by atoms with Crippen LogP contribution >= 0.6 is 0 Å². The average molecular weight is 352 g/mol. The number of carboxylic acid groups (broad SMARTS) is 1. The van der Waals surface area contributed by atoms with Crippen molar-refractivity contribution < 1.29 is 19.0 Å². The third kappa shape index (κ3) is 3.64. The number of hydrogen-bond acceptors (Lipinski definition) is 4. The summed E-state index contributed by atoms with van der Waals surface area (Å²) >= 11 is 0. The SMILES string of the molecule is COc1cccc(-c2ncc(Nc3ccc(F)cc3C(=O)O)cc2C)c1. The molecule has 0 aliphatic rings. The molecule has 0 saturated heterocycles. The molecule has 6 heteroatoms. The fourth-order valence-corrected chi connectivity index (χ4v) is 2.67. The Kier molecular flexibility index (Phi) is 4.84. The van der Waals surface area contributed by atoms with Gasteiger partial charge in [-0.15, -0.1) is 0 Å². The molecule has 0 fully saturated rings. The average Bonchev–Trinajstić information content (AvgIpc) is 2.63. The zero-order chi connectivity index (χ0) is 18.7. The lowest BCUT2D eigenvalue weighted by molar-refractivity contribution is 0.0697. The molecule has 0 aliphatic heterocycles. The molecule has 0 saturated carbocycles. The van der Waals surface area contributed by atoms with Crippen LogP contribution in [0.5, 0.6) is 5.75 Å². The highest BCUT2D eigenvalue weighted by Gasteiger charge is 2.12. The van der Waals surface area contributed by atoms with Crippen molar-refractivity contribution in [3.63, 3.8) is 0 Å². The highest BCUT2D eigenvalue weighted by Crippen LogP contribution is 2.28. The Hall–Kier alpha value is -3.41. The van der Waals surface area contributed by atoms with E-state index < -0.39 is 11.8 Å². The second-order valence-corrected chi connectivity index (χ2v) is 5.74. The molecule has 1 heterocycles. The molecule has 26 heavy (non-hydrogen) atoms. The molecule has 0 radical (unpaired) electrons. The van der Waals surface area contributed by atoms with Crippen LogP contribution in [0.4, 0.5) is 15.8 Å². The fourth-order valence-electron chi connectivity index (χ4n) is 2.67. The Balaban J connectivity index is 1.92. The van der Waals surface area contributed by atoms with Crippen LogP contribution in [0.3, 0.4) is 0 Å². The molecule has 132 valence electrons. The Morgan fingerprint density at radius 2 is 2.00 bits per heavy atom. The number of aromatic nitrogens is 1. The number of methoxy groups -OCH3 is 1. The number of aryl methyl sites for hydroxylation is 1. The zero-order valence-electron chi connectivity index (χ0n) is 14.3. The van der Waals surface area contributed by atoms with Gasteiger partial charge in [-0.1, -0.05) is 12.1 Å². The maximum absolute atomic E-state index is 13.3. The van der Waals surface area contributed by atoms with Crippen molar-refractivity contribution in [1.29, 1.82) is 0 Å². The summed E-state index contributed by atoms with van der Waals surface area (Å²) in [6, 6.07) is 13.0. The number of ether oxygens (including phenoxy) is 1. The molecule has 5 nitrogen and oxygen atoms in total. The second kappa shape index (κ2) is 7.23. The van der Waals surface area contributed by atoms with Crippen LogP contribution in [-0.4, -0.2) is 23.2 Å². The largest absolute Gasteiger partial charge is 0.497 e. The highest BCUT2D eigenvalue weighted by molar-refractivity contribution is 5.95. The van der Waals surface area contributed by atoms with Gasteiger partial charge < -0.3 is 15.2 Å². The first-order valence-corrected chi connectivity index (χ1v) is 7.89. The summed E-state index contributed by atoms with van der Waals surface area (Å²) in [4.78, 5) is 15.8. The minimum atomic E-state index is -1.20. The standard InChI is InChI=1S/C20H17FN2O3/c1-12-8-15(23-18-7-6-14(21)10-17(18)20(24)25)11-22-19(12)13-4-3-5-16(9-13)26-2/h3-11,23H,1-2H3,(H,24,25). The van der Waals surface area contributed by atoms with E-state index in [0.29, 0.717) is 11.4 Å². The minimum absolute atomic E-state index is 0.139. The third-order valence-corrected chi connectivity index (χ3v) is 3.91. The number of benzene rings is 2. The van der Waals surface area contributed by atoms with E-state index in [0.717, 1.165) is 28.6 Å². The molecule has 0 unspecified atom stereocenters. The maximum atomic E-state index is 13.3. The predicted molar refractivity (Wildman–Crippen MR) is 97.6 cm³/mol. The maximum Gasteiger partial charge on any atom is 0.337 e. The zero-order valence-corrected chi connectivity index (χ0v) is 14.3. The summed E-state index contributed by atoms with van der Waals surface area (Å²) in [6.07, 6.45) is 1.61. The first-order valence-electron chi connectivity index (χ1n) is 7.89. The van der Waals surface area contributed by atoms with E-state index in [1.54, 1.807) is 13.3 Å². The van der Waals surface area contributed by atoms with Crippen LogP contribution in [0.1, 0.15) is 15.9 Å². The van der Waals surface area contributed by atoms with Crippen molar-refractivity contribution in [2.24, 2.45) is 0 Å². The van der Waals surface area contributed by atoms with Crippen molar-refractivity contribution in [2.75, 3.05) is 12.4 Å². The second-order valence-electron chi connectivity index (χ2n) is 5.74. The third-order valence-electron chi connectivity index (χ3n) is 3.91. The van der Waals surface area contributed by atoms with Gasteiger partial charge in [0.05, 0.1) is 35.9 Å². The van der Waals surface area contributed by atoms with E-state index in [1.807, 2.05) is 37.3 Å². The van der Waals surface area contributed by atoms with E-state index in [-0.39, 0.29) is 5.56 Å². The van der Waals surface area contributed by atoms with Gasteiger partial charge in [0.15, 0.2) is 0 Å². The van der Waals surface area contributed by atoms with Crippen molar-refractivity contribution in [1.82, 2.24) is 4.98 Å². The molecule has 3 aromatic rings. The molecular formula is C20H17FN2O3. The Morgan fingerprint density at radius 3 is 2.69 bits per heavy atom. The van der Waals surface area contributed by atoms with Crippen molar-refractivity contribution in [3.8, 4) is 17.0 Å². The fraction of sp³-hybridized carbons (Fsp3) is 0.100.